The summed E-state index contributed by atoms with van der Waals surface area (Å²) in [6, 6.07) is 1.84. The average molecular weight is 272 g/mol. The van der Waals surface area contributed by atoms with Gasteiger partial charge in [0.25, 0.3) is 0 Å². The van der Waals surface area contributed by atoms with E-state index in [0.29, 0.717) is 11.7 Å². The molecule has 106 valence electrons. The van der Waals surface area contributed by atoms with Crippen molar-refractivity contribution in [2.45, 2.75) is 46.0 Å². The zero-order valence-electron chi connectivity index (χ0n) is 12.1. The third kappa shape index (κ3) is 2.16. The molecule has 2 heterocycles. The van der Waals surface area contributed by atoms with Gasteiger partial charge in [0.05, 0.1) is 5.69 Å². The van der Waals surface area contributed by atoms with Crippen LogP contribution in [0.4, 0.5) is 5.82 Å². The monoisotopic (exact) mass is 272 g/mol. The van der Waals surface area contributed by atoms with Crippen LogP contribution < -0.4 is 11.3 Å². The second-order valence-electron chi connectivity index (χ2n) is 5.30. The first-order valence-electron chi connectivity index (χ1n) is 7.05. The van der Waals surface area contributed by atoms with Crippen molar-refractivity contribution in [3.8, 4) is 5.82 Å². The quantitative estimate of drug-likeness (QED) is 0.657. The number of anilines is 1. The van der Waals surface area contributed by atoms with Crippen LogP contribution in [0.5, 0.6) is 0 Å². The van der Waals surface area contributed by atoms with Gasteiger partial charge in [-0.25, -0.2) is 20.5 Å². The molecule has 2 aromatic heterocycles. The first-order valence-corrected chi connectivity index (χ1v) is 7.05. The van der Waals surface area contributed by atoms with Crippen LogP contribution in [0.1, 0.15) is 48.5 Å². The topological polar surface area (TPSA) is 81.7 Å². The van der Waals surface area contributed by atoms with Crippen LogP contribution in [0.3, 0.4) is 0 Å². The molecule has 0 saturated heterocycles. The van der Waals surface area contributed by atoms with Gasteiger partial charge in [-0.1, -0.05) is 6.92 Å². The van der Waals surface area contributed by atoms with Gasteiger partial charge >= 0.3 is 0 Å². The van der Waals surface area contributed by atoms with E-state index in [0.717, 1.165) is 42.3 Å². The summed E-state index contributed by atoms with van der Waals surface area (Å²) < 4.78 is 1.89. The highest BCUT2D eigenvalue weighted by Gasteiger charge is 2.28. The number of nitrogens with one attached hydrogen (secondary N) is 1. The van der Waals surface area contributed by atoms with E-state index in [1.165, 1.54) is 5.56 Å². The molecule has 1 aliphatic carbocycles. The van der Waals surface area contributed by atoms with Crippen molar-refractivity contribution in [3.63, 3.8) is 0 Å². The molecule has 1 fully saturated rings. The molecular formula is C14H20N6. The average Bonchev–Trinajstić information content (AvgIpc) is 3.25. The Morgan fingerprint density at radius 1 is 1.35 bits per heavy atom. The summed E-state index contributed by atoms with van der Waals surface area (Å²) in [6.07, 6.45) is 3.29. The number of nitrogens with zero attached hydrogens (tertiary/aromatic N) is 4. The van der Waals surface area contributed by atoms with Gasteiger partial charge in [0.15, 0.2) is 5.82 Å². The zero-order chi connectivity index (χ0) is 14.3. The normalized spacial score (nSPS) is 14.6. The van der Waals surface area contributed by atoms with E-state index >= 15 is 0 Å². The molecule has 0 atom stereocenters. The van der Waals surface area contributed by atoms with Gasteiger partial charge in [-0.3, -0.25) is 0 Å². The second kappa shape index (κ2) is 4.86. The molecule has 6 heteroatoms. The summed E-state index contributed by atoms with van der Waals surface area (Å²) in [5, 5.41) is 4.61. The molecule has 0 bridgehead atoms. The standard InChI is InChI=1S/C14H20N6/c1-4-11-8(2)19-20(9(11)3)13-7-12(18-15)16-14(17-13)10-5-6-10/h7,10H,4-6,15H2,1-3H3,(H,16,17,18). The Hall–Kier alpha value is -1.95. The molecule has 3 rings (SSSR count). The summed E-state index contributed by atoms with van der Waals surface area (Å²) >= 11 is 0. The van der Waals surface area contributed by atoms with E-state index in [-0.39, 0.29) is 0 Å². The Bertz CT molecular complexity index is 641. The van der Waals surface area contributed by atoms with Gasteiger partial charge in [-0.2, -0.15) is 5.10 Å². The predicted octanol–water partition coefficient (Wildman–Crippen LogP) is 2.00. The molecule has 0 amide bonds. The van der Waals surface area contributed by atoms with E-state index in [2.05, 4.69) is 34.3 Å². The summed E-state index contributed by atoms with van der Waals surface area (Å²) in [7, 11) is 0. The van der Waals surface area contributed by atoms with Gasteiger partial charge in [0.1, 0.15) is 11.6 Å². The van der Waals surface area contributed by atoms with Crippen molar-refractivity contribution in [2.24, 2.45) is 5.84 Å². The number of hydrogen-bond acceptors (Lipinski definition) is 5. The van der Waals surface area contributed by atoms with Crippen LogP contribution in [-0.4, -0.2) is 19.7 Å². The summed E-state index contributed by atoms with van der Waals surface area (Å²) in [5.74, 6) is 8.28. The van der Waals surface area contributed by atoms with Gasteiger partial charge in [0, 0.05) is 17.7 Å². The fourth-order valence-electron chi connectivity index (χ4n) is 2.57. The Kier molecular flexibility index (Phi) is 3.17. The third-order valence-electron chi connectivity index (χ3n) is 3.83. The van der Waals surface area contributed by atoms with Gasteiger partial charge in [-0.05, 0) is 38.7 Å². The van der Waals surface area contributed by atoms with Crippen molar-refractivity contribution in [1.82, 2.24) is 19.7 Å². The van der Waals surface area contributed by atoms with E-state index in [9.17, 15) is 0 Å². The van der Waals surface area contributed by atoms with Crippen molar-refractivity contribution >= 4 is 5.82 Å². The number of hydrazine groups is 1. The minimum atomic E-state index is 0.477. The van der Waals surface area contributed by atoms with Crippen LogP contribution in [0, 0.1) is 13.8 Å². The van der Waals surface area contributed by atoms with Crippen LogP contribution in [0.2, 0.25) is 0 Å². The molecule has 0 aliphatic heterocycles. The number of nitrogens with two attached hydrogens (primary N) is 1. The molecule has 6 nitrogen and oxygen atoms in total. The smallest absolute Gasteiger partial charge is 0.159 e. The van der Waals surface area contributed by atoms with E-state index in [4.69, 9.17) is 5.84 Å². The molecule has 0 unspecified atom stereocenters. The van der Waals surface area contributed by atoms with Crippen molar-refractivity contribution in [2.75, 3.05) is 5.43 Å². The first kappa shape index (κ1) is 13.1. The molecule has 1 aliphatic rings. The Morgan fingerprint density at radius 3 is 2.65 bits per heavy atom. The number of nitrogen functional groups attached to an aromatic ring is 1. The van der Waals surface area contributed by atoms with Crippen molar-refractivity contribution in [1.29, 1.82) is 0 Å². The molecule has 3 N–H and O–H groups in total. The molecule has 1 saturated carbocycles. The van der Waals surface area contributed by atoms with Gasteiger partial charge in [0.2, 0.25) is 0 Å². The Balaban J connectivity index is 2.11. The largest absolute Gasteiger partial charge is 0.308 e. The lowest BCUT2D eigenvalue weighted by molar-refractivity contribution is 0.780. The number of aromatic nitrogens is 4. The lowest BCUT2D eigenvalue weighted by Gasteiger charge is -2.08. The SMILES string of the molecule is CCc1c(C)nn(-c2cc(NN)nc(C3CC3)n2)c1C. The van der Waals surface area contributed by atoms with Crippen LogP contribution >= 0.6 is 0 Å². The molecule has 20 heavy (non-hydrogen) atoms. The fourth-order valence-corrected chi connectivity index (χ4v) is 2.57. The van der Waals surface area contributed by atoms with Gasteiger partial charge in [-0.15, -0.1) is 0 Å². The first-order chi connectivity index (χ1) is 9.63. The molecule has 0 aromatic carbocycles. The third-order valence-corrected chi connectivity index (χ3v) is 3.83. The molecular weight excluding hydrogens is 252 g/mol. The lowest BCUT2D eigenvalue weighted by atomic mass is 10.1. The maximum absolute atomic E-state index is 5.52. The lowest BCUT2D eigenvalue weighted by Crippen LogP contribution is -2.13. The Labute approximate surface area is 118 Å². The van der Waals surface area contributed by atoms with Crippen molar-refractivity contribution in [3.05, 3.63) is 28.8 Å². The van der Waals surface area contributed by atoms with E-state index in [1.807, 2.05) is 17.7 Å². The summed E-state index contributed by atoms with van der Waals surface area (Å²) in [6.45, 7) is 6.25. The predicted molar refractivity (Wildman–Crippen MR) is 77.8 cm³/mol. The maximum atomic E-state index is 5.52. The highest BCUT2D eigenvalue weighted by molar-refractivity contribution is 5.43. The zero-order valence-corrected chi connectivity index (χ0v) is 12.1. The number of hydrogen-bond donors (Lipinski definition) is 2. The number of rotatable bonds is 4. The van der Waals surface area contributed by atoms with E-state index < -0.39 is 0 Å². The van der Waals surface area contributed by atoms with E-state index in [1.54, 1.807) is 0 Å². The summed E-state index contributed by atoms with van der Waals surface area (Å²) in [5.41, 5.74) is 6.09. The van der Waals surface area contributed by atoms with Crippen LogP contribution in [-0.2, 0) is 6.42 Å². The minimum Gasteiger partial charge on any atom is -0.308 e. The molecule has 2 aromatic rings. The summed E-state index contributed by atoms with van der Waals surface area (Å²) in [4.78, 5) is 9.09. The highest BCUT2D eigenvalue weighted by atomic mass is 15.3. The Morgan fingerprint density at radius 2 is 2.10 bits per heavy atom. The molecule has 0 radical (unpaired) electrons. The second-order valence-corrected chi connectivity index (χ2v) is 5.30. The maximum Gasteiger partial charge on any atom is 0.159 e. The highest BCUT2D eigenvalue weighted by Crippen LogP contribution is 2.38. The molecule has 0 spiro atoms. The fraction of sp³-hybridized carbons (Fsp3) is 0.500. The van der Waals surface area contributed by atoms with Crippen molar-refractivity contribution < 1.29 is 0 Å². The number of aryl methyl sites for hydroxylation is 1. The van der Waals surface area contributed by atoms with Crippen LogP contribution in [0.15, 0.2) is 6.07 Å². The van der Waals surface area contributed by atoms with Crippen LogP contribution in [0.25, 0.3) is 5.82 Å². The minimum absolute atomic E-state index is 0.477. The van der Waals surface area contributed by atoms with Gasteiger partial charge < -0.3 is 5.43 Å².